The number of hydrogen-bond acceptors (Lipinski definition) is 3. The van der Waals surface area contributed by atoms with E-state index in [-0.39, 0.29) is 0 Å². The Hall–Kier alpha value is -0.120. The Bertz CT molecular complexity index is 114. The molecular formula is C7H15NO2. The summed E-state index contributed by atoms with van der Waals surface area (Å²) in [6.07, 6.45) is 2.19. The van der Waals surface area contributed by atoms with Gasteiger partial charge in [0.15, 0.2) is 0 Å². The molecule has 0 radical (unpaired) electrons. The van der Waals surface area contributed by atoms with Crippen LogP contribution in [0.2, 0.25) is 0 Å². The first-order valence-corrected chi connectivity index (χ1v) is 3.64. The zero-order valence-electron chi connectivity index (χ0n) is 6.34. The smallest absolute Gasteiger partial charge is 0.103 e. The second-order valence-corrected chi connectivity index (χ2v) is 3.01. The van der Waals surface area contributed by atoms with Gasteiger partial charge in [-0.25, -0.2) is 0 Å². The Balaban J connectivity index is 2.39. The van der Waals surface area contributed by atoms with Crippen molar-refractivity contribution in [2.24, 2.45) is 11.7 Å². The van der Waals surface area contributed by atoms with Gasteiger partial charge in [0.1, 0.15) is 5.60 Å². The molecule has 1 fully saturated rings. The number of hydrogen-bond donors (Lipinski definition) is 2. The van der Waals surface area contributed by atoms with Crippen LogP contribution in [0.25, 0.3) is 0 Å². The first-order chi connectivity index (χ1) is 4.73. The molecule has 10 heavy (non-hydrogen) atoms. The molecule has 3 N–H and O–H groups in total. The van der Waals surface area contributed by atoms with Gasteiger partial charge in [-0.15, -0.1) is 0 Å². The van der Waals surface area contributed by atoms with Crippen LogP contribution in [0.1, 0.15) is 12.8 Å². The molecule has 0 amide bonds. The van der Waals surface area contributed by atoms with Gasteiger partial charge in [-0.2, -0.15) is 0 Å². The molecule has 0 spiro atoms. The van der Waals surface area contributed by atoms with Crippen molar-refractivity contribution >= 4 is 0 Å². The van der Waals surface area contributed by atoms with E-state index in [0.717, 1.165) is 12.8 Å². The lowest BCUT2D eigenvalue weighted by atomic mass is 10.00. The van der Waals surface area contributed by atoms with Crippen LogP contribution in [0.4, 0.5) is 0 Å². The monoisotopic (exact) mass is 145 g/mol. The Morgan fingerprint density at radius 1 is 1.70 bits per heavy atom. The number of nitrogens with two attached hydrogens (primary N) is 1. The molecule has 0 aromatic rings. The molecule has 1 aliphatic rings. The lowest BCUT2D eigenvalue weighted by Gasteiger charge is -2.24. The van der Waals surface area contributed by atoms with E-state index in [4.69, 9.17) is 10.5 Å². The van der Waals surface area contributed by atoms with Crippen molar-refractivity contribution in [2.75, 3.05) is 20.3 Å². The second kappa shape index (κ2) is 2.86. The van der Waals surface area contributed by atoms with Gasteiger partial charge in [0.2, 0.25) is 0 Å². The molecular weight excluding hydrogens is 130 g/mol. The van der Waals surface area contributed by atoms with E-state index >= 15 is 0 Å². The van der Waals surface area contributed by atoms with E-state index in [0.29, 0.717) is 19.1 Å². The maximum Gasteiger partial charge on any atom is 0.103 e. The Morgan fingerprint density at radius 2 is 2.30 bits per heavy atom. The minimum absolute atomic E-state index is 0.311. The molecule has 0 aliphatic heterocycles. The molecule has 1 rings (SSSR count). The average molecular weight is 145 g/mol. The lowest BCUT2D eigenvalue weighted by molar-refractivity contribution is -0.0405. The highest BCUT2D eigenvalue weighted by molar-refractivity contribution is 4.95. The van der Waals surface area contributed by atoms with Gasteiger partial charge in [0.25, 0.3) is 0 Å². The molecule has 0 saturated heterocycles. The van der Waals surface area contributed by atoms with Crippen molar-refractivity contribution in [1.29, 1.82) is 0 Å². The van der Waals surface area contributed by atoms with E-state index in [2.05, 4.69) is 0 Å². The van der Waals surface area contributed by atoms with Gasteiger partial charge in [-0.3, -0.25) is 0 Å². The first kappa shape index (κ1) is 7.98. The van der Waals surface area contributed by atoms with Crippen molar-refractivity contribution in [1.82, 2.24) is 0 Å². The van der Waals surface area contributed by atoms with E-state index in [9.17, 15) is 5.11 Å². The van der Waals surface area contributed by atoms with Crippen LogP contribution in [-0.4, -0.2) is 31.0 Å². The van der Waals surface area contributed by atoms with Gasteiger partial charge in [0, 0.05) is 13.7 Å². The fourth-order valence-electron chi connectivity index (χ4n) is 1.21. The highest BCUT2D eigenvalue weighted by atomic mass is 16.5. The van der Waals surface area contributed by atoms with Crippen LogP contribution in [0.5, 0.6) is 0 Å². The van der Waals surface area contributed by atoms with Gasteiger partial charge in [-0.1, -0.05) is 0 Å². The summed E-state index contributed by atoms with van der Waals surface area (Å²) in [7, 11) is 1.59. The maximum absolute atomic E-state index is 9.71. The van der Waals surface area contributed by atoms with E-state index in [1.54, 1.807) is 7.11 Å². The summed E-state index contributed by atoms with van der Waals surface area (Å²) >= 11 is 0. The fraction of sp³-hybridized carbons (Fsp3) is 1.00. The van der Waals surface area contributed by atoms with Crippen LogP contribution < -0.4 is 5.73 Å². The summed E-state index contributed by atoms with van der Waals surface area (Å²) in [6.45, 7) is 0.680. The Kier molecular flexibility index (Phi) is 2.28. The van der Waals surface area contributed by atoms with Crippen molar-refractivity contribution < 1.29 is 9.84 Å². The second-order valence-electron chi connectivity index (χ2n) is 3.01. The highest BCUT2D eigenvalue weighted by Gasteiger charge is 2.42. The summed E-state index contributed by atoms with van der Waals surface area (Å²) in [5.74, 6) is 0.387. The zero-order valence-corrected chi connectivity index (χ0v) is 6.34. The third-order valence-corrected chi connectivity index (χ3v) is 2.09. The number of methoxy groups -OCH3 is 1. The normalized spacial score (nSPS) is 24.3. The van der Waals surface area contributed by atoms with Crippen LogP contribution in [0.15, 0.2) is 0 Å². The average Bonchev–Trinajstić information content (AvgIpc) is 2.69. The molecule has 60 valence electrons. The van der Waals surface area contributed by atoms with Crippen molar-refractivity contribution in [3.8, 4) is 0 Å². The standard InChI is InChI=1S/C7H15NO2/c1-10-5-7(9,4-8)6-2-3-6/h6,9H,2-5,8H2,1H3. The molecule has 1 atom stereocenters. The molecule has 0 aromatic heterocycles. The van der Waals surface area contributed by atoms with Crippen molar-refractivity contribution in [3.63, 3.8) is 0 Å². The first-order valence-electron chi connectivity index (χ1n) is 3.64. The molecule has 0 aromatic carbocycles. The summed E-state index contributed by atoms with van der Waals surface area (Å²) in [5, 5.41) is 9.71. The Morgan fingerprint density at radius 3 is 2.60 bits per heavy atom. The molecule has 3 nitrogen and oxygen atoms in total. The molecule has 1 saturated carbocycles. The van der Waals surface area contributed by atoms with Gasteiger partial charge in [0.05, 0.1) is 6.61 Å². The quantitative estimate of drug-likeness (QED) is 0.572. The minimum Gasteiger partial charge on any atom is -0.386 e. The minimum atomic E-state index is -0.741. The largest absolute Gasteiger partial charge is 0.386 e. The number of aliphatic hydroxyl groups is 1. The van der Waals surface area contributed by atoms with Gasteiger partial charge >= 0.3 is 0 Å². The Labute approximate surface area is 61.2 Å². The summed E-state index contributed by atoms with van der Waals surface area (Å²) < 4.78 is 4.87. The van der Waals surface area contributed by atoms with E-state index < -0.39 is 5.60 Å². The van der Waals surface area contributed by atoms with E-state index in [1.807, 2.05) is 0 Å². The van der Waals surface area contributed by atoms with Crippen LogP contribution in [0.3, 0.4) is 0 Å². The topological polar surface area (TPSA) is 55.5 Å². The highest BCUT2D eigenvalue weighted by Crippen LogP contribution is 2.39. The maximum atomic E-state index is 9.71. The predicted molar refractivity (Wildman–Crippen MR) is 38.6 cm³/mol. The lowest BCUT2D eigenvalue weighted by Crippen LogP contribution is -2.44. The fourth-order valence-corrected chi connectivity index (χ4v) is 1.21. The van der Waals surface area contributed by atoms with Crippen molar-refractivity contribution in [3.05, 3.63) is 0 Å². The van der Waals surface area contributed by atoms with Crippen molar-refractivity contribution in [2.45, 2.75) is 18.4 Å². The van der Waals surface area contributed by atoms with Crippen LogP contribution in [0, 0.1) is 5.92 Å². The SMILES string of the molecule is COCC(O)(CN)C1CC1. The zero-order chi connectivity index (χ0) is 7.61. The molecule has 0 heterocycles. The van der Waals surface area contributed by atoms with Gasteiger partial charge in [-0.05, 0) is 18.8 Å². The molecule has 1 aliphatic carbocycles. The summed E-state index contributed by atoms with van der Waals surface area (Å²) in [4.78, 5) is 0. The van der Waals surface area contributed by atoms with Crippen LogP contribution >= 0.6 is 0 Å². The van der Waals surface area contributed by atoms with Gasteiger partial charge < -0.3 is 15.6 Å². The summed E-state index contributed by atoms with van der Waals surface area (Å²) in [5.41, 5.74) is 4.66. The molecule has 3 heteroatoms. The third-order valence-electron chi connectivity index (χ3n) is 2.09. The summed E-state index contributed by atoms with van der Waals surface area (Å²) in [6, 6.07) is 0. The molecule has 0 bridgehead atoms. The number of ether oxygens (including phenoxy) is 1. The molecule has 1 unspecified atom stereocenters. The number of rotatable bonds is 4. The third kappa shape index (κ3) is 1.48. The van der Waals surface area contributed by atoms with Crippen LogP contribution in [-0.2, 0) is 4.74 Å². The predicted octanol–water partition coefficient (Wildman–Crippen LogP) is -0.267. The van der Waals surface area contributed by atoms with E-state index in [1.165, 1.54) is 0 Å².